The Hall–Kier alpha value is -2.68. The first-order valence-corrected chi connectivity index (χ1v) is 9.59. The molecule has 1 aromatic carbocycles. The Balaban J connectivity index is 1.59. The summed E-state index contributed by atoms with van der Waals surface area (Å²) in [5.74, 6) is -0.342. The quantitative estimate of drug-likeness (QED) is 0.767. The molecule has 0 atom stereocenters. The number of halogens is 1. The van der Waals surface area contributed by atoms with Crippen LogP contribution < -0.4 is 4.74 Å². The van der Waals surface area contributed by atoms with E-state index < -0.39 is 15.8 Å². The molecule has 0 fully saturated rings. The SMILES string of the molecule is CN(CCOc1ccccc1F)C(=O)C1=CN2CCS(=O)(=O)N=C2C=C1. The van der Waals surface area contributed by atoms with Gasteiger partial charge in [-0.15, -0.1) is 4.40 Å². The summed E-state index contributed by atoms with van der Waals surface area (Å²) in [6.45, 7) is 0.672. The van der Waals surface area contributed by atoms with E-state index in [0.717, 1.165) is 0 Å². The highest BCUT2D eigenvalue weighted by atomic mass is 32.2. The van der Waals surface area contributed by atoms with Gasteiger partial charge in [0.05, 0.1) is 17.9 Å². The molecule has 0 spiro atoms. The Kier molecular flexibility index (Phi) is 5.08. The van der Waals surface area contributed by atoms with Gasteiger partial charge >= 0.3 is 0 Å². The summed E-state index contributed by atoms with van der Waals surface area (Å²) in [5.41, 5.74) is 0.414. The van der Waals surface area contributed by atoms with Crippen molar-refractivity contribution in [3.63, 3.8) is 0 Å². The summed E-state index contributed by atoms with van der Waals surface area (Å²) in [6.07, 6.45) is 4.63. The van der Waals surface area contributed by atoms with Crippen LogP contribution in [0.1, 0.15) is 0 Å². The number of nitrogens with zero attached hydrogens (tertiary/aromatic N) is 3. The summed E-state index contributed by atoms with van der Waals surface area (Å²) in [5, 5.41) is 0. The van der Waals surface area contributed by atoms with Gasteiger partial charge in [-0.2, -0.15) is 0 Å². The van der Waals surface area contributed by atoms with Gasteiger partial charge in [0.15, 0.2) is 11.6 Å². The molecule has 0 radical (unpaired) electrons. The van der Waals surface area contributed by atoms with Gasteiger partial charge in [-0.3, -0.25) is 4.79 Å². The molecule has 3 rings (SSSR count). The van der Waals surface area contributed by atoms with Crippen molar-refractivity contribution in [2.45, 2.75) is 0 Å². The molecule has 0 N–H and O–H groups in total. The van der Waals surface area contributed by atoms with Crippen LogP contribution >= 0.6 is 0 Å². The van der Waals surface area contributed by atoms with Crippen molar-refractivity contribution >= 4 is 21.8 Å². The molecule has 0 aliphatic carbocycles. The molecule has 0 unspecified atom stereocenters. The molecule has 26 heavy (non-hydrogen) atoms. The number of hydrogen-bond donors (Lipinski definition) is 0. The van der Waals surface area contributed by atoms with E-state index in [9.17, 15) is 17.6 Å². The van der Waals surface area contributed by atoms with Gasteiger partial charge in [-0.1, -0.05) is 12.1 Å². The lowest BCUT2D eigenvalue weighted by atomic mass is 10.1. The van der Waals surface area contributed by atoms with Crippen LogP contribution in [-0.2, 0) is 14.8 Å². The number of benzene rings is 1. The lowest BCUT2D eigenvalue weighted by Gasteiger charge is -2.28. The molecule has 1 amide bonds. The van der Waals surface area contributed by atoms with Crippen molar-refractivity contribution in [3.8, 4) is 5.75 Å². The third-order valence-corrected chi connectivity index (χ3v) is 5.10. The molecule has 7 nitrogen and oxygen atoms in total. The normalized spacial score (nSPS) is 17.8. The molecular weight excluding hydrogens is 361 g/mol. The third-order valence-electron chi connectivity index (χ3n) is 3.94. The maximum absolute atomic E-state index is 13.5. The minimum atomic E-state index is -3.43. The monoisotopic (exact) mass is 379 g/mol. The highest BCUT2D eigenvalue weighted by Crippen LogP contribution is 2.18. The molecule has 2 heterocycles. The van der Waals surface area contributed by atoms with Crippen molar-refractivity contribution in [2.24, 2.45) is 4.40 Å². The van der Waals surface area contributed by atoms with Gasteiger partial charge in [0.2, 0.25) is 0 Å². The van der Waals surface area contributed by atoms with Crippen LogP contribution in [0.25, 0.3) is 0 Å². The molecule has 1 aromatic rings. The van der Waals surface area contributed by atoms with Crippen LogP contribution in [0.4, 0.5) is 4.39 Å². The molecular formula is C17H18FN3O4S. The maximum Gasteiger partial charge on any atom is 0.256 e. The van der Waals surface area contributed by atoms with Crippen LogP contribution in [0.3, 0.4) is 0 Å². The minimum absolute atomic E-state index is 0.0887. The second-order valence-corrected chi connectivity index (χ2v) is 7.61. The molecule has 0 saturated heterocycles. The Labute approximate surface area is 151 Å². The van der Waals surface area contributed by atoms with Gasteiger partial charge < -0.3 is 14.5 Å². The van der Waals surface area contributed by atoms with E-state index in [2.05, 4.69) is 4.40 Å². The van der Waals surface area contributed by atoms with Gasteiger partial charge in [0, 0.05) is 19.8 Å². The maximum atomic E-state index is 13.5. The predicted molar refractivity (Wildman–Crippen MR) is 94.7 cm³/mol. The largest absolute Gasteiger partial charge is 0.489 e. The average Bonchev–Trinajstić information content (AvgIpc) is 2.61. The van der Waals surface area contributed by atoms with E-state index in [1.807, 2.05) is 0 Å². The number of likely N-dealkylation sites (N-methyl/N-ethyl adjacent to an activating group) is 1. The topological polar surface area (TPSA) is 79.3 Å². The fraction of sp³-hybridized carbons (Fsp3) is 0.294. The van der Waals surface area contributed by atoms with Gasteiger partial charge in [0.25, 0.3) is 15.9 Å². The zero-order chi connectivity index (χ0) is 18.7. The molecule has 138 valence electrons. The summed E-state index contributed by atoms with van der Waals surface area (Å²) < 4.78 is 45.5. The van der Waals surface area contributed by atoms with Crippen LogP contribution in [-0.4, -0.2) is 62.5 Å². The summed E-state index contributed by atoms with van der Waals surface area (Å²) in [7, 11) is -1.81. The predicted octanol–water partition coefficient (Wildman–Crippen LogP) is 1.16. The van der Waals surface area contributed by atoms with E-state index in [0.29, 0.717) is 11.4 Å². The molecule has 9 heteroatoms. The number of sulfonamides is 1. The fourth-order valence-corrected chi connectivity index (χ4v) is 3.47. The number of amides is 1. The second-order valence-electron chi connectivity index (χ2n) is 5.85. The molecule has 0 bridgehead atoms. The van der Waals surface area contributed by atoms with E-state index in [4.69, 9.17) is 4.74 Å². The number of hydrogen-bond acceptors (Lipinski definition) is 5. The van der Waals surface area contributed by atoms with Gasteiger partial charge in [-0.25, -0.2) is 12.8 Å². The third kappa shape index (κ3) is 4.10. The molecule has 0 saturated carbocycles. The first kappa shape index (κ1) is 18.1. The Morgan fingerprint density at radius 2 is 2.12 bits per heavy atom. The number of ether oxygens (including phenoxy) is 1. The number of rotatable bonds is 5. The lowest BCUT2D eigenvalue weighted by Crippen LogP contribution is -2.39. The van der Waals surface area contributed by atoms with Crippen LogP contribution in [0.5, 0.6) is 5.75 Å². The Morgan fingerprint density at radius 1 is 1.35 bits per heavy atom. The van der Waals surface area contributed by atoms with Crippen molar-refractivity contribution in [2.75, 3.05) is 32.5 Å². The zero-order valence-electron chi connectivity index (χ0n) is 14.1. The van der Waals surface area contributed by atoms with Crippen LogP contribution in [0.15, 0.2) is 52.6 Å². The van der Waals surface area contributed by atoms with Crippen molar-refractivity contribution in [1.29, 1.82) is 0 Å². The molecule has 2 aliphatic rings. The van der Waals surface area contributed by atoms with E-state index >= 15 is 0 Å². The summed E-state index contributed by atoms with van der Waals surface area (Å²) in [6, 6.07) is 6.07. The standard InChI is InChI=1S/C17H18FN3O4S/c1-20(8-10-25-15-5-3-2-4-14(15)18)17(22)13-6-7-16-19-26(23,24)11-9-21(16)12-13/h2-7,12H,8-11H2,1H3. The second kappa shape index (κ2) is 7.28. The van der Waals surface area contributed by atoms with E-state index in [1.165, 1.54) is 29.2 Å². The zero-order valence-corrected chi connectivity index (χ0v) is 14.9. The minimum Gasteiger partial charge on any atom is -0.489 e. The van der Waals surface area contributed by atoms with Crippen molar-refractivity contribution < 1.29 is 22.3 Å². The highest BCUT2D eigenvalue weighted by Gasteiger charge is 2.25. The summed E-state index contributed by atoms with van der Waals surface area (Å²) >= 11 is 0. The average molecular weight is 379 g/mol. The van der Waals surface area contributed by atoms with Crippen molar-refractivity contribution in [1.82, 2.24) is 9.80 Å². The van der Waals surface area contributed by atoms with Crippen molar-refractivity contribution in [3.05, 3.63) is 54.0 Å². The summed E-state index contributed by atoms with van der Waals surface area (Å²) in [4.78, 5) is 15.6. The number of carbonyl (C=O) groups is 1. The van der Waals surface area contributed by atoms with Gasteiger partial charge in [-0.05, 0) is 24.3 Å². The number of carbonyl (C=O) groups excluding carboxylic acids is 1. The lowest BCUT2D eigenvalue weighted by molar-refractivity contribution is -0.125. The van der Waals surface area contributed by atoms with E-state index in [-0.39, 0.29) is 37.1 Å². The fourth-order valence-electron chi connectivity index (χ4n) is 2.50. The molecule has 2 aliphatic heterocycles. The number of para-hydroxylation sites is 1. The van der Waals surface area contributed by atoms with Crippen LogP contribution in [0, 0.1) is 5.82 Å². The van der Waals surface area contributed by atoms with E-state index in [1.54, 1.807) is 30.3 Å². The number of fused-ring (bicyclic) bond motifs is 1. The smallest absolute Gasteiger partial charge is 0.256 e. The first-order chi connectivity index (χ1) is 12.4. The Morgan fingerprint density at radius 3 is 2.88 bits per heavy atom. The number of amidine groups is 1. The first-order valence-electron chi connectivity index (χ1n) is 7.98. The van der Waals surface area contributed by atoms with Crippen LogP contribution in [0.2, 0.25) is 0 Å². The molecule has 0 aromatic heterocycles. The highest BCUT2D eigenvalue weighted by molar-refractivity contribution is 7.90. The Bertz CT molecular complexity index is 908. The van der Waals surface area contributed by atoms with Gasteiger partial charge in [0.1, 0.15) is 12.4 Å².